The van der Waals surface area contributed by atoms with Crippen LogP contribution < -0.4 is 21.3 Å². The average molecular weight is 435 g/mol. The molecule has 4 rings (SSSR count). The van der Waals surface area contributed by atoms with Gasteiger partial charge in [0.2, 0.25) is 17.7 Å². The molecule has 3 heterocycles. The summed E-state index contributed by atoms with van der Waals surface area (Å²) >= 11 is 0. The summed E-state index contributed by atoms with van der Waals surface area (Å²) in [5.41, 5.74) is 6.00. The van der Waals surface area contributed by atoms with Gasteiger partial charge in [-0.2, -0.15) is 9.97 Å². The van der Waals surface area contributed by atoms with Gasteiger partial charge in [-0.3, -0.25) is 19.1 Å². The first-order valence-electron chi connectivity index (χ1n) is 9.74. The largest absolute Gasteiger partial charge is 0.497 e. The van der Waals surface area contributed by atoms with E-state index in [4.69, 9.17) is 10.5 Å². The Morgan fingerprint density at radius 3 is 2.72 bits per heavy atom. The summed E-state index contributed by atoms with van der Waals surface area (Å²) in [6, 6.07) is 11.9. The number of rotatable bonds is 7. The molecule has 1 aromatic carbocycles. The van der Waals surface area contributed by atoms with Gasteiger partial charge in [-0.1, -0.05) is 18.2 Å². The molecule has 0 saturated carbocycles. The van der Waals surface area contributed by atoms with E-state index in [9.17, 15) is 14.7 Å². The van der Waals surface area contributed by atoms with Crippen LogP contribution in [0.15, 0.2) is 53.5 Å². The lowest BCUT2D eigenvalue weighted by atomic mass is 9.89. The molecule has 0 bridgehead atoms. The summed E-state index contributed by atoms with van der Waals surface area (Å²) in [7, 11) is 1.54. The maximum absolute atomic E-state index is 13.2. The lowest BCUT2D eigenvalue weighted by molar-refractivity contribution is -0.121. The summed E-state index contributed by atoms with van der Waals surface area (Å²) in [4.78, 5) is 34.1. The SMILES string of the molecule is COc1ccc(C(CC(=O)NCc2nc(N)n[nH]2)c2c(O)nc3ccccn3c2=O)cc1. The number of nitrogens with two attached hydrogens (primary N) is 1. The number of aromatic amines is 1. The second-order valence-electron chi connectivity index (χ2n) is 7.03. The molecule has 11 heteroatoms. The van der Waals surface area contributed by atoms with E-state index in [1.807, 2.05) is 0 Å². The average Bonchev–Trinajstić information content (AvgIpc) is 3.22. The molecule has 11 nitrogen and oxygen atoms in total. The number of benzene rings is 1. The Labute approximate surface area is 181 Å². The van der Waals surface area contributed by atoms with Crippen LogP contribution in [0.5, 0.6) is 11.6 Å². The molecule has 164 valence electrons. The topological polar surface area (TPSA) is 161 Å². The van der Waals surface area contributed by atoms with Gasteiger partial charge in [-0.05, 0) is 29.8 Å². The minimum atomic E-state index is -0.752. The number of methoxy groups -OCH3 is 1. The van der Waals surface area contributed by atoms with Crippen LogP contribution >= 0.6 is 0 Å². The van der Waals surface area contributed by atoms with E-state index in [-0.39, 0.29) is 30.4 Å². The molecule has 1 unspecified atom stereocenters. The van der Waals surface area contributed by atoms with Crippen LogP contribution in [0, 0.1) is 0 Å². The van der Waals surface area contributed by atoms with Gasteiger partial charge in [0.05, 0.1) is 19.2 Å². The fourth-order valence-corrected chi connectivity index (χ4v) is 3.45. The predicted octanol–water partition coefficient (Wildman–Crippen LogP) is 0.947. The number of carbonyl (C=O) groups is 1. The van der Waals surface area contributed by atoms with Gasteiger partial charge in [0.1, 0.15) is 17.2 Å². The van der Waals surface area contributed by atoms with Crippen molar-refractivity contribution in [3.05, 3.63) is 76.0 Å². The summed E-state index contributed by atoms with van der Waals surface area (Å²) < 4.78 is 6.53. The minimum Gasteiger partial charge on any atom is -0.497 e. The predicted molar refractivity (Wildman–Crippen MR) is 115 cm³/mol. The third kappa shape index (κ3) is 4.21. The molecule has 0 radical (unpaired) electrons. The molecular weight excluding hydrogens is 414 g/mol. The van der Waals surface area contributed by atoms with Gasteiger partial charge in [-0.15, -0.1) is 5.10 Å². The molecule has 3 aromatic heterocycles. The zero-order valence-corrected chi connectivity index (χ0v) is 17.1. The van der Waals surface area contributed by atoms with E-state index in [1.165, 1.54) is 4.40 Å². The monoisotopic (exact) mass is 435 g/mol. The number of fused-ring (bicyclic) bond motifs is 1. The Morgan fingerprint density at radius 1 is 1.25 bits per heavy atom. The Bertz CT molecular complexity index is 1310. The van der Waals surface area contributed by atoms with Crippen molar-refractivity contribution in [2.45, 2.75) is 18.9 Å². The Balaban J connectivity index is 1.70. The van der Waals surface area contributed by atoms with Gasteiger partial charge in [-0.25, -0.2) is 0 Å². The molecule has 0 aliphatic carbocycles. The highest BCUT2D eigenvalue weighted by atomic mass is 16.5. The number of anilines is 1. The number of aromatic hydroxyl groups is 1. The second-order valence-corrected chi connectivity index (χ2v) is 7.03. The highest BCUT2D eigenvalue weighted by Gasteiger charge is 2.26. The maximum atomic E-state index is 13.2. The number of hydrogen-bond donors (Lipinski definition) is 4. The van der Waals surface area contributed by atoms with E-state index in [2.05, 4.69) is 25.5 Å². The first-order chi connectivity index (χ1) is 15.5. The Hall–Kier alpha value is -4.41. The van der Waals surface area contributed by atoms with Crippen LogP contribution in [-0.4, -0.2) is 42.7 Å². The molecule has 1 amide bonds. The molecule has 0 aliphatic heterocycles. The van der Waals surface area contributed by atoms with E-state index < -0.39 is 17.4 Å². The highest BCUT2D eigenvalue weighted by Crippen LogP contribution is 2.32. The van der Waals surface area contributed by atoms with Gasteiger partial charge >= 0.3 is 0 Å². The lowest BCUT2D eigenvalue weighted by Crippen LogP contribution is -2.29. The molecule has 0 aliphatic rings. The fraction of sp³-hybridized carbons (Fsp3) is 0.190. The van der Waals surface area contributed by atoms with Gasteiger partial charge in [0.15, 0.2) is 0 Å². The number of aromatic nitrogens is 5. The van der Waals surface area contributed by atoms with Crippen LogP contribution in [0.1, 0.15) is 29.3 Å². The number of pyridine rings is 1. The number of amides is 1. The number of H-pyrrole nitrogens is 1. The maximum Gasteiger partial charge on any atom is 0.265 e. The van der Waals surface area contributed by atoms with Crippen molar-refractivity contribution in [2.75, 3.05) is 12.8 Å². The first-order valence-corrected chi connectivity index (χ1v) is 9.74. The Kier molecular flexibility index (Phi) is 5.71. The second kappa shape index (κ2) is 8.76. The summed E-state index contributed by atoms with van der Waals surface area (Å²) in [6.45, 7) is 0.0826. The highest BCUT2D eigenvalue weighted by molar-refractivity contribution is 5.77. The molecule has 1 atom stereocenters. The molecule has 0 spiro atoms. The van der Waals surface area contributed by atoms with Gasteiger partial charge < -0.3 is 20.9 Å². The van der Waals surface area contributed by atoms with Crippen molar-refractivity contribution in [1.82, 2.24) is 29.9 Å². The fourth-order valence-electron chi connectivity index (χ4n) is 3.45. The molecule has 0 saturated heterocycles. The third-order valence-corrected chi connectivity index (χ3v) is 5.01. The van der Waals surface area contributed by atoms with Crippen LogP contribution in [0.2, 0.25) is 0 Å². The van der Waals surface area contributed by atoms with Crippen molar-refractivity contribution in [3.8, 4) is 11.6 Å². The summed E-state index contributed by atoms with van der Waals surface area (Å²) in [5, 5.41) is 19.7. The number of nitrogens with zero attached hydrogens (tertiary/aromatic N) is 4. The molecular formula is C21H21N7O4. The van der Waals surface area contributed by atoms with E-state index in [1.54, 1.807) is 55.8 Å². The van der Waals surface area contributed by atoms with Crippen LogP contribution in [0.25, 0.3) is 5.65 Å². The number of carbonyl (C=O) groups excluding carboxylic acids is 1. The quantitative estimate of drug-likeness (QED) is 0.334. The minimum absolute atomic E-state index is 0.0259. The number of hydrogen-bond acceptors (Lipinski definition) is 8. The summed E-state index contributed by atoms with van der Waals surface area (Å²) in [6.07, 6.45) is 1.45. The first kappa shape index (κ1) is 20.8. The lowest BCUT2D eigenvalue weighted by Gasteiger charge is -2.18. The molecule has 32 heavy (non-hydrogen) atoms. The van der Waals surface area contributed by atoms with Crippen molar-refractivity contribution < 1.29 is 14.6 Å². The number of ether oxygens (including phenoxy) is 1. The smallest absolute Gasteiger partial charge is 0.265 e. The van der Waals surface area contributed by atoms with E-state index >= 15 is 0 Å². The summed E-state index contributed by atoms with van der Waals surface area (Å²) in [5.74, 6) is -0.441. The zero-order chi connectivity index (χ0) is 22.7. The van der Waals surface area contributed by atoms with Gasteiger partial charge in [0.25, 0.3) is 5.56 Å². The number of nitrogens with one attached hydrogen (secondary N) is 2. The van der Waals surface area contributed by atoms with Crippen molar-refractivity contribution >= 4 is 17.5 Å². The van der Waals surface area contributed by atoms with Crippen molar-refractivity contribution in [1.29, 1.82) is 0 Å². The normalized spacial score (nSPS) is 11.9. The zero-order valence-electron chi connectivity index (χ0n) is 17.1. The van der Waals surface area contributed by atoms with Crippen LogP contribution in [0.4, 0.5) is 5.95 Å². The standard InChI is InChI=1S/C21H21N7O4/c1-32-13-7-5-12(6-8-13)14(10-17(29)23-11-15-24-21(22)27-26-15)18-19(30)25-16-4-2-3-9-28(16)20(18)31/h2-9,14,30H,10-11H2,1H3,(H,23,29)(H3,22,24,26,27). The van der Waals surface area contributed by atoms with E-state index in [0.717, 1.165) is 0 Å². The van der Waals surface area contributed by atoms with Crippen molar-refractivity contribution in [3.63, 3.8) is 0 Å². The molecule has 0 fully saturated rings. The molecule has 5 N–H and O–H groups in total. The van der Waals surface area contributed by atoms with Gasteiger partial charge in [0, 0.05) is 18.5 Å². The number of nitrogen functional groups attached to an aromatic ring is 1. The third-order valence-electron chi connectivity index (χ3n) is 5.01. The van der Waals surface area contributed by atoms with Crippen molar-refractivity contribution in [2.24, 2.45) is 0 Å². The Morgan fingerprint density at radius 2 is 2.03 bits per heavy atom. The van der Waals surface area contributed by atoms with Crippen LogP contribution in [0.3, 0.4) is 0 Å². The van der Waals surface area contributed by atoms with Crippen LogP contribution in [-0.2, 0) is 11.3 Å². The van der Waals surface area contributed by atoms with E-state index in [0.29, 0.717) is 22.8 Å². The molecule has 4 aromatic rings.